The molecule has 0 atom stereocenters. The Balaban J connectivity index is 1.83. The van der Waals surface area contributed by atoms with E-state index in [-0.39, 0.29) is 0 Å². The third kappa shape index (κ3) is 7.99. The molecular formula is C19H32N4OS. The van der Waals surface area contributed by atoms with Gasteiger partial charge in [-0.25, -0.2) is 9.98 Å². The van der Waals surface area contributed by atoms with Gasteiger partial charge in [-0.2, -0.15) is 11.8 Å². The SMILES string of the molecule is CCNC(=NCc1ccnc(OC2CCCC2)c1)NCCCCSC. The van der Waals surface area contributed by atoms with E-state index in [0.717, 1.165) is 43.3 Å². The number of hydrogen-bond acceptors (Lipinski definition) is 4. The van der Waals surface area contributed by atoms with Crippen LogP contribution in [0.3, 0.4) is 0 Å². The van der Waals surface area contributed by atoms with Gasteiger partial charge in [0.05, 0.1) is 6.54 Å². The van der Waals surface area contributed by atoms with Gasteiger partial charge in [0, 0.05) is 25.4 Å². The summed E-state index contributed by atoms with van der Waals surface area (Å²) in [6.07, 6.45) is 11.5. The molecule has 0 bridgehead atoms. The average Bonchev–Trinajstić information content (AvgIpc) is 3.13. The van der Waals surface area contributed by atoms with Gasteiger partial charge < -0.3 is 15.4 Å². The number of nitrogens with one attached hydrogen (secondary N) is 2. The van der Waals surface area contributed by atoms with Crippen LogP contribution in [0.15, 0.2) is 23.3 Å². The zero-order valence-corrected chi connectivity index (χ0v) is 16.4. The zero-order chi connectivity index (χ0) is 17.7. The van der Waals surface area contributed by atoms with Crippen molar-refractivity contribution in [3.05, 3.63) is 23.9 Å². The van der Waals surface area contributed by atoms with Crippen LogP contribution in [0.4, 0.5) is 0 Å². The molecular weight excluding hydrogens is 332 g/mol. The van der Waals surface area contributed by atoms with E-state index < -0.39 is 0 Å². The van der Waals surface area contributed by atoms with Crippen molar-refractivity contribution in [3.8, 4) is 5.88 Å². The number of aromatic nitrogens is 1. The Labute approximate surface area is 156 Å². The Bertz CT molecular complexity index is 518. The van der Waals surface area contributed by atoms with E-state index in [0.29, 0.717) is 12.6 Å². The van der Waals surface area contributed by atoms with Gasteiger partial charge in [0.15, 0.2) is 5.96 Å². The van der Waals surface area contributed by atoms with E-state index in [1.165, 1.54) is 31.4 Å². The molecule has 0 radical (unpaired) electrons. The van der Waals surface area contributed by atoms with Crippen molar-refractivity contribution < 1.29 is 4.74 Å². The molecule has 1 aliphatic rings. The summed E-state index contributed by atoms with van der Waals surface area (Å²) >= 11 is 1.90. The van der Waals surface area contributed by atoms with Gasteiger partial charge in [-0.05, 0) is 69.1 Å². The lowest BCUT2D eigenvalue weighted by Crippen LogP contribution is -2.37. The number of hydrogen-bond donors (Lipinski definition) is 2. The van der Waals surface area contributed by atoms with E-state index in [2.05, 4.69) is 33.8 Å². The van der Waals surface area contributed by atoms with Gasteiger partial charge >= 0.3 is 0 Å². The summed E-state index contributed by atoms with van der Waals surface area (Å²) in [6.45, 7) is 4.54. The average molecular weight is 365 g/mol. The fourth-order valence-corrected chi connectivity index (χ4v) is 3.37. The first-order valence-electron chi connectivity index (χ1n) is 9.44. The Morgan fingerprint density at radius 2 is 2.16 bits per heavy atom. The maximum absolute atomic E-state index is 5.98. The molecule has 1 saturated carbocycles. The van der Waals surface area contributed by atoms with Gasteiger partial charge in [0.25, 0.3) is 0 Å². The van der Waals surface area contributed by atoms with Crippen LogP contribution in [0.1, 0.15) is 51.0 Å². The van der Waals surface area contributed by atoms with Crippen molar-refractivity contribution in [2.24, 2.45) is 4.99 Å². The number of nitrogens with zero attached hydrogens (tertiary/aromatic N) is 2. The maximum atomic E-state index is 5.98. The Hall–Kier alpha value is -1.43. The molecule has 0 aromatic carbocycles. The molecule has 2 rings (SSSR count). The second-order valence-electron chi connectivity index (χ2n) is 6.35. The fraction of sp³-hybridized carbons (Fsp3) is 0.684. The maximum Gasteiger partial charge on any atom is 0.213 e. The number of rotatable bonds is 10. The predicted molar refractivity (Wildman–Crippen MR) is 108 cm³/mol. The third-order valence-corrected chi connectivity index (χ3v) is 4.92. The Kier molecular flexibility index (Phi) is 9.55. The first kappa shape index (κ1) is 19.9. The molecule has 0 saturated heterocycles. The van der Waals surface area contributed by atoms with Crippen molar-refractivity contribution in [1.29, 1.82) is 0 Å². The van der Waals surface area contributed by atoms with Crippen LogP contribution < -0.4 is 15.4 Å². The van der Waals surface area contributed by atoms with Gasteiger partial charge in [-0.15, -0.1) is 0 Å². The number of unbranched alkanes of at least 4 members (excludes halogenated alkanes) is 1. The van der Waals surface area contributed by atoms with E-state index in [1.807, 2.05) is 30.1 Å². The predicted octanol–water partition coefficient (Wildman–Crippen LogP) is 3.60. The summed E-state index contributed by atoms with van der Waals surface area (Å²) in [5, 5.41) is 6.71. The quantitative estimate of drug-likeness (QED) is 0.377. The van der Waals surface area contributed by atoms with Crippen LogP contribution in [0.25, 0.3) is 0 Å². The topological polar surface area (TPSA) is 58.5 Å². The molecule has 1 aliphatic carbocycles. The molecule has 5 nitrogen and oxygen atoms in total. The minimum atomic E-state index is 0.339. The molecule has 2 N–H and O–H groups in total. The monoisotopic (exact) mass is 364 g/mol. The summed E-state index contributed by atoms with van der Waals surface area (Å²) in [6, 6.07) is 4.02. The second-order valence-corrected chi connectivity index (χ2v) is 7.33. The number of pyridine rings is 1. The van der Waals surface area contributed by atoms with E-state index in [1.54, 1.807) is 0 Å². The van der Waals surface area contributed by atoms with Gasteiger partial charge in [0.1, 0.15) is 6.10 Å². The van der Waals surface area contributed by atoms with Gasteiger partial charge in [-0.1, -0.05) is 0 Å². The lowest BCUT2D eigenvalue weighted by molar-refractivity contribution is 0.201. The van der Waals surface area contributed by atoms with Crippen LogP contribution in [-0.2, 0) is 6.54 Å². The second kappa shape index (κ2) is 12.0. The molecule has 1 heterocycles. The van der Waals surface area contributed by atoms with Crippen LogP contribution in [0.2, 0.25) is 0 Å². The number of ether oxygens (including phenoxy) is 1. The van der Waals surface area contributed by atoms with Crippen LogP contribution in [-0.4, -0.2) is 42.1 Å². The van der Waals surface area contributed by atoms with E-state index >= 15 is 0 Å². The van der Waals surface area contributed by atoms with Crippen molar-refractivity contribution >= 4 is 17.7 Å². The summed E-state index contributed by atoms with van der Waals surface area (Å²) in [7, 11) is 0. The van der Waals surface area contributed by atoms with Crippen LogP contribution >= 0.6 is 11.8 Å². The summed E-state index contributed by atoms with van der Waals surface area (Å²) < 4.78 is 5.98. The molecule has 0 amide bonds. The number of guanidine groups is 1. The van der Waals surface area contributed by atoms with Crippen molar-refractivity contribution in [1.82, 2.24) is 15.6 Å². The highest BCUT2D eigenvalue weighted by Gasteiger charge is 2.16. The lowest BCUT2D eigenvalue weighted by Gasteiger charge is -2.13. The normalized spacial score (nSPS) is 15.4. The van der Waals surface area contributed by atoms with E-state index in [9.17, 15) is 0 Å². The Morgan fingerprint density at radius 1 is 1.32 bits per heavy atom. The highest BCUT2D eigenvalue weighted by Crippen LogP contribution is 2.23. The highest BCUT2D eigenvalue weighted by atomic mass is 32.2. The van der Waals surface area contributed by atoms with Gasteiger partial charge in [0.2, 0.25) is 5.88 Å². The van der Waals surface area contributed by atoms with Gasteiger partial charge in [-0.3, -0.25) is 0 Å². The highest BCUT2D eigenvalue weighted by molar-refractivity contribution is 7.98. The molecule has 0 spiro atoms. The van der Waals surface area contributed by atoms with Crippen LogP contribution in [0, 0.1) is 0 Å². The van der Waals surface area contributed by atoms with Crippen molar-refractivity contribution in [3.63, 3.8) is 0 Å². The van der Waals surface area contributed by atoms with Crippen molar-refractivity contribution in [2.45, 2.75) is 58.1 Å². The lowest BCUT2D eigenvalue weighted by atomic mass is 10.2. The molecule has 0 aliphatic heterocycles. The molecule has 140 valence electrons. The fourth-order valence-electron chi connectivity index (χ4n) is 2.88. The smallest absolute Gasteiger partial charge is 0.213 e. The molecule has 6 heteroatoms. The first-order valence-corrected chi connectivity index (χ1v) is 10.8. The molecule has 1 fully saturated rings. The third-order valence-electron chi connectivity index (χ3n) is 4.22. The summed E-state index contributed by atoms with van der Waals surface area (Å²) in [4.78, 5) is 9.02. The first-order chi connectivity index (χ1) is 12.3. The number of thioether (sulfide) groups is 1. The zero-order valence-electron chi connectivity index (χ0n) is 15.6. The standard InChI is InChI=1S/C19H32N4OS/c1-3-20-19(22-11-6-7-13-25-2)23-15-16-10-12-21-18(14-16)24-17-8-4-5-9-17/h10,12,14,17H,3-9,11,13,15H2,1-2H3,(H2,20,22,23). The molecule has 0 unspecified atom stereocenters. The molecule has 1 aromatic rings. The van der Waals surface area contributed by atoms with Crippen molar-refractivity contribution in [2.75, 3.05) is 25.1 Å². The minimum Gasteiger partial charge on any atom is -0.474 e. The largest absolute Gasteiger partial charge is 0.474 e. The molecule has 25 heavy (non-hydrogen) atoms. The van der Waals surface area contributed by atoms with Crippen LogP contribution in [0.5, 0.6) is 5.88 Å². The van der Waals surface area contributed by atoms with E-state index in [4.69, 9.17) is 4.74 Å². The number of aliphatic imine (C=N–C) groups is 1. The Morgan fingerprint density at radius 3 is 2.92 bits per heavy atom. The minimum absolute atomic E-state index is 0.339. The molecule has 1 aromatic heterocycles. The summed E-state index contributed by atoms with van der Waals surface area (Å²) in [5.41, 5.74) is 1.13. The summed E-state index contributed by atoms with van der Waals surface area (Å²) in [5.74, 6) is 2.83.